The van der Waals surface area contributed by atoms with Gasteiger partial charge in [0.2, 0.25) is 0 Å². The molecule has 0 fully saturated rings. The van der Waals surface area contributed by atoms with Gasteiger partial charge in [-0.3, -0.25) is 4.79 Å². The fourth-order valence-corrected chi connectivity index (χ4v) is 3.26. The van der Waals surface area contributed by atoms with Crippen LogP contribution in [-0.2, 0) is 6.42 Å². The summed E-state index contributed by atoms with van der Waals surface area (Å²) in [5.41, 5.74) is 2.98. The molecule has 21 heavy (non-hydrogen) atoms. The number of aliphatic hydroxyl groups excluding tert-OH is 1. The Hall–Kier alpha value is -2.09. The molecule has 0 bridgehead atoms. The van der Waals surface area contributed by atoms with Gasteiger partial charge in [0, 0.05) is 24.2 Å². The van der Waals surface area contributed by atoms with Crippen molar-refractivity contribution < 1.29 is 9.90 Å². The molecule has 0 aliphatic carbocycles. The lowest BCUT2D eigenvalue weighted by atomic mass is 10.2. The second-order valence-electron chi connectivity index (χ2n) is 4.77. The Morgan fingerprint density at radius 1 is 1.33 bits per heavy atom. The van der Waals surface area contributed by atoms with E-state index in [9.17, 15) is 4.79 Å². The first kappa shape index (κ1) is 13.9. The smallest absolute Gasteiger partial charge is 0.269 e. The summed E-state index contributed by atoms with van der Waals surface area (Å²) >= 11 is 1.42. The fraction of sp³-hybridized carbons (Fsp3) is 0.235. The molecule has 1 amide bonds. The van der Waals surface area contributed by atoms with Crippen molar-refractivity contribution in [2.75, 3.05) is 18.1 Å². The highest BCUT2D eigenvalue weighted by molar-refractivity contribution is 7.12. The third-order valence-corrected chi connectivity index (χ3v) is 4.35. The highest BCUT2D eigenvalue weighted by atomic mass is 32.1. The van der Waals surface area contributed by atoms with Crippen molar-refractivity contribution in [3.05, 3.63) is 51.7 Å². The Morgan fingerprint density at radius 3 is 3.05 bits per heavy atom. The zero-order valence-corrected chi connectivity index (χ0v) is 12.3. The fourth-order valence-electron chi connectivity index (χ4n) is 2.46. The molecular formula is C17H15NO2S. The van der Waals surface area contributed by atoms with E-state index in [4.69, 9.17) is 5.11 Å². The van der Waals surface area contributed by atoms with E-state index in [0.29, 0.717) is 11.3 Å². The summed E-state index contributed by atoms with van der Waals surface area (Å²) in [5, 5.41) is 10.7. The Morgan fingerprint density at radius 2 is 2.19 bits per heavy atom. The van der Waals surface area contributed by atoms with Gasteiger partial charge in [0.15, 0.2) is 0 Å². The minimum Gasteiger partial charge on any atom is -0.395 e. The van der Waals surface area contributed by atoms with Crippen molar-refractivity contribution in [2.45, 2.75) is 12.8 Å². The third-order valence-electron chi connectivity index (χ3n) is 3.45. The number of rotatable bonds is 2. The van der Waals surface area contributed by atoms with Crippen molar-refractivity contribution >= 4 is 22.9 Å². The highest BCUT2D eigenvalue weighted by Crippen LogP contribution is 2.30. The van der Waals surface area contributed by atoms with E-state index in [1.165, 1.54) is 16.9 Å². The molecule has 1 aliphatic heterocycles. The maximum atomic E-state index is 12.7. The van der Waals surface area contributed by atoms with E-state index in [2.05, 4.69) is 17.9 Å². The minimum atomic E-state index is 0.0169. The van der Waals surface area contributed by atoms with Crippen molar-refractivity contribution in [2.24, 2.45) is 0 Å². The molecule has 0 saturated carbocycles. The maximum Gasteiger partial charge on any atom is 0.269 e. The Bertz CT molecular complexity index is 724. The van der Waals surface area contributed by atoms with Gasteiger partial charge < -0.3 is 10.0 Å². The molecule has 3 nitrogen and oxygen atoms in total. The SMILES string of the molecule is O=C(c1sccc1C#CCCO)N1CCc2ccccc21. The predicted molar refractivity (Wildman–Crippen MR) is 84.7 cm³/mol. The van der Waals surface area contributed by atoms with E-state index in [0.717, 1.165) is 24.2 Å². The molecule has 0 radical (unpaired) electrons. The summed E-state index contributed by atoms with van der Waals surface area (Å²) in [5.74, 6) is 5.87. The lowest BCUT2D eigenvalue weighted by molar-refractivity contribution is 0.0993. The first-order chi connectivity index (χ1) is 10.3. The Balaban J connectivity index is 1.88. The highest BCUT2D eigenvalue weighted by Gasteiger charge is 2.27. The molecule has 1 aromatic heterocycles. The van der Waals surface area contributed by atoms with Crippen LogP contribution < -0.4 is 4.90 Å². The van der Waals surface area contributed by atoms with Crippen LogP contribution in [0.4, 0.5) is 5.69 Å². The monoisotopic (exact) mass is 297 g/mol. The number of hydrogen-bond acceptors (Lipinski definition) is 3. The molecule has 0 saturated heterocycles. The largest absolute Gasteiger partial charge is 0.395 e. The van der Waals surface area contributed by atoms with Crippen LogP contribution in [0.1, 0.15) is 27.2 Å². The van der Waals surface area contributed by atoms with E-state index < -0.39 is 0 Å². The van der Waals surface area contributed by atoms with Crippen molar-refractivity contribution in [1.29, 1.82) is 0 Å². The van der Waals surface area contributed by atoms with Crippen molar-refractivity contribution in [3.8, 4) is 11.8 Å². The van der Waals surface area contributed by atoms with Crippen LogP contribution in [0.15, 0.2) is 35.7 Å². The molecule has 1 aliphatic rings. The maximum absolute atomic E-state index is 12.7. The molecule has 106 valence electrons. The van der Waals surface area contributed by atoms with Crippen LogP contribution in [0.2, 0.25) is 0 Å². The van der Waals surface area contributed by atoms with Crippen LogP contribution >= 0.6 is 11.3 Å². The van der Waals surface area contributed by atoms with Crippen molar-refractivity contribution in [3.63, 3.8) is 0 Å². The number of fused-ring (bicyclic) bond motifs is 1. The normalized spacial score (nSPS) is 12.7. The number of anilines is 1. The number of amides is 1. The average Bonchev–Trinajstić information content (AvgIpc) is 3.13. The number of benzene rings is 1. The van der Waals surface area contributed by atoms with Gasteiger partial charge in [-0.25, -0.2) is 0 Å². The van der Waals surface area contributed by atoms with Crippen LogP contribution in [0.25, 0.3) is 0 Å². The number of hydrogen-bond donors (Lipinski definition) is 1. The van der Waals surface area contributed by atoms with Gasteiger partial charge in [0.1, 0.15) is 4.88 Å². The summed E-state index contributed by atoms with van der Waals surface area (Å²) in [6, 6.07) is 9.89. The zero-order chi connectivity index (χ0) is 14.7. The quantitative estimate of drug-likeness (QED) is 0.866. The van der Waals surface area contributed by atoms with Gasteiger partial charge in [-0.1, -0.05) is 30.0 Å². The summed E-state index contributed by atoms with van der Waals surface area (Å²) < 4.78 is 0. The first-order valence-corrected chi connectivity index (χ1v) is 7.76. The van der Waals surface area contributed by atoms with E-state index in [1.54, 1.807) is 0 Å². The first-order valence-electron chi connectivity index (χ1n) is 6.88. The van der Waals surface area contributed by atoms with E-state index in [-0.39, 0.29) is 12.5 Å². The van der Waals surface area contributed by atoms with Gasteiger partial charge in [0.05, 0.1) is 6.61 Å². The Kier molecular flexibility index (Phi) is 4.05. The number of thiophene rings is 1. The molecule has 1 aromatic carbocycles. The number of carbonyl (C=O) groups excluding carboxylic acids is 1. The van der Waals surface area contributed by atoms with Gasteiger partial charge >= 0.3 is 0 Å². The lowest BCUT2D eigenvalue weighted by Crippen LogP contribution is -2.28. The van der Waals surface area contributed by atoms with Crippen LogP contribution in [0.5, 0.6) is 0 Å². The molecule has 0 spiro atoms. The van der Waals surface area contributed by atoms with E-state index >= 15 is 0 Å². The van der Waals surface area contributed by atoms with E-state index in [1.807, 2.05) is 34.5 Å². The van der Waals surface area contributed by atoms with Crippen LogP contribution in [-0.4, -0.2) is 24.2 Å². The van der Waals surface area contributed by atoms with Gasteiger partial charge in [-0.15, -0.1) is 11.3 Å². The molecule has 2 heterocycles. The standard InChI is InChI=1S/C17H15NO2S/c19-11-4-3-6-14-9-12-21-16(14)17(20)18-10-8-13-5-1-2-7-15(13)18/h1-2,5,7,9,12,19H,4,8,10-11H2. The molecule has 0 atom stereocenters. The Labute approximate surface area is 127 Å². The number of aliphatic hydroxyl groups is 1. The number of para-hydroxylation sites is 1. The second-order valence-corrected chi connectivity index (χ2v) is 5.69. The summed E-state index contributed by atoms with van der Waals surface area (Å²) in [4.78, 5) is 15.3. The molecule has 0 unspecified atom stereocenters. The number of nitrogens with zero attached hydrogens (tertiary/aromatic N) is 1. The lowest BCUT2D eigenvalue weighted by Gasteiger charge is -2.16. The molecular weight excluding hydrogens is 282 g/mol. The summed E-state index contributed by atoms with van der Waals surface area (Å²) in [6.45, 7) is 0.763. The van der Waals surface area contributed by atoms with Gasteiger partial charge in [0.25, 0.3) is 5.91 Å². The molecule has 4 heteroatoms. The van der Waals surface area contributed by atoms with Gasteiger partial charge in [-0.05, 0) is 29.5 Å². The van der Waals surface area contributed by atoms with Crippen LogP contribution in [0.3, 0.4) is 0 Å². The average molecular weight is 297 g/mol. The van der Waals surface area contributed by atoms with Crippen LogP contribution in [0, 0.1) is 11.8 Å². The summed E-state index contributed by atoms with van der Waals surface area (Å²) in [7, 11) is 0. The molecule has 2 aromatic rings. The third kappa shape index (κ3) is 2.71. The zero-order valence-electron chi connectivity index (χ0n) is 11.5. The van der Waals surface area contributed by atoms with Gasteiger partial charge in [-0.2, -0.15) is 0 Å². The molecule has 3 rings (SSSR count). The second kappa shape index (κ2) is 6.13. The molecule has 1 N–H and O–H groups in total. The summed E-state index contributed by atoms with van der Waals surface area (Å²) in [6.07, 6.45) is 1.33. The minimum absolute atomic E-state index is 0.0169. The number of carbonyl (C=O) groups is 1. The predicted octanol–water partition coefficient (Wildman–Crippen LogP) is 2.68. The van der Waals surface area contributed by atoms with Crippen molar-refractivity contribution in [1.82, 2.24) is 0 Å². The topological polar surface area (TPSA) is 40.5 Å².